The fourth-order valence-corrected chi connectivity index (χ4v) is 4.98. The molecule has 0 spiro atoms. The Bertz CT molecular complexity index is 1610. The molecular formula is C29H21F3N2O5S. The maximum absolute atomic E-state index is 13.3. The molecule has 0 aliphatic heterocycles. The molecule has 204 valence electrons. The summed E-state index contributed by atoms with van der Waals surface area (Å²) in [6.45, 7) is -0.159. The van der Waals surface area contributed by atoms with Crippen molar-refractivity contribution in [2.24, 2.45) is 0 Å². The Morgan fingerprint density at radius 2 is 1.70 bits per heavy atom. The van der Waals surface area contributed by atoms with Crippen LogP contribution in [-0.2, 0) is 22.3 Å². The van der Waals surface area contributed by atoms with Crippen molar-refractivity contribution in [3.63, 3.8) is 0 Å². The molecule has 0 aliphatic carbocycles. The van der Waals surface area contributed by atoms with Gasteiger partial charge in [0.2, 0.25) is 5.89 Å². The van der Waals surface area contributed by atoms with Crippen LogP contribution in [0.5, 0.6) is 0 Å². The van der Waals surface area contributed by atoms with Crippen LogP contribution in [0.4, 0.5) is 13.2 Å². The molecule has 0 fully saturated rings. The molecule has 0 unspecified atom stereocenters. The summed E-state index contributed by atoms with van der Waals surface area (Å²) in [7, 11) is 0. The summed E-state index contributed by atoms with van der Waals surface area (Å²) in [5, 5.41) is 13.0. The van der Waals surface area contributed by atoms with Crippen LogP contribution in [0.3, 0.4) is 0 Å². The van der Waals surface area contributed by atoms with Crippen LogP contribution in [0.1, 0.15) is 21.6 Å². The molecule has 40 heavy (non-hydrogen) atoms. The van der Waals surface area contributed by atoms with E-state index >= 15 is 0 Å². The number of fused-ring (bicyclic) bond motifs is 1. The summed E-state index contributed by atoms with van der Waals surface area (Å²) >= 11 is 1.33. The highest BCUT2D eigenvalue weighted by molar-refractivity contribution is 7.22. The van der Waals surface area contributed by atoms with Gasteiger partial charge >= 0.3 is 12.1 Å². The lowest BCUT2D eigenvalue weighted by atomic mass is 10.1. The summed E-state index contributed by atoms with van der Waals surface area (Å²) in [5.41, 5.74) is 0.0131. The van der Waals surface area contributed by atoms with Gasteiger partial charge in [-0.05, 0) is 47.3 Å². The highest BCUT2D eigenvalue weighted by Crippen LogP contribution is 2.38. The number of hydrogen-bond acceptors (Lipinski definition) is 6. The van der Waals surface area contributed by atoms with E-state index in [9.17, 15) is 27.9 Å². The molecule has 2 aromatic heterocycles. The van der Waals surface area contributed by atoms with Gasteiger partial charge in [0.25, 0.3) is 5.91 Å². The maximum Gasteiger partial charge on any atom is 0.416 e. The monoisotopic (exact) mass is 566 g/mol. The number of carbonyl (C=O) groups is 2. The van der Waals surface area contributed by atoms with Gasteiger partial charge in [-0.1, -0.05) is 48.5 Å². The van der Waals surface area contributed by atoms with Crippen molar-refractivity contribution < 1.29 is 37.0 Å². The van der Waals surface area contributed by atoms with E-state index in [0.29, 0.717) is 4.88 Å². The molecule has 0 bridgehead atoms. The van der Waals surface area contributed by atoms with E-state index in [-0.39, 0.29) is 36.1 Å². The number of benzene rings is 3. The fourth-order valence-electron chi connectivity index (χ4n) is 3.93. The second-order valence-electron chi connectivity index (χ2n) is 8.79. The van der Waals surface area contributed by atoms with Crippen LogP contribution in [0.2, 0.25) is 0 Å². The van der Waals surface area contributed by atoms with Gasteiger partial charge in [-0.3, -0.25) is 4.79 Å². The number of carboxylic acids is 1. The van der Waals surface area contributed by atoms with Crippen molar-refractivity contribution in [1.82, 2.24) is 10.3 Å². The van der Waals surface area contributed by atoms with E-state index in [2.05, 4.69) is 10.3 Å². The zero-order chi connectivity index (χ0) is 28.3. The molecule has 1 amide bonds. The number of aliphatic carboxylic acids is 1. The molecule has 2 heterocycles. The van der Waals surface area contributed by atoms with Crippen LogP contribution in [-0.4, -0.2) is 34.6 Å². The normalized spacial score (nSPS) is 12.4. The molecule has 0 saturated heterocycles. The zero-order valence-electron chi connectivity index (χ0n) is 20.6. The van der Waals surface area contributed by atoms with Crippen molar-refractivity contribution in [3.05, 3.63) is 102 Å². The molecular weight excluding hydrogens is 545 g/mol. The molecule has 5 aromatic rings. The molecule has 0 aliphatic rings. The Hall–Kier alpha value is -4.48. The van der Waals surface area contributed by atoms with Crippen molar-refractivity contribution in [2.45, 2.75) is 18.8 Å². The van der Waals surface area contributed by atoms with Gasteiger partial charge < -0.3 is 19.6 Å². The highest BCUT2D eigenvalue weighted by Gasteiger charge is 2.31. The average Bonchev–Trinajstić information content (AvgIpc) is 3.57. The number of aromatic nitrogens is 1. The zero-order valence-corrected chi connectivity index (χ0v) is 21.5. The molecule has 5 rings (SSSR count). The van der Waals surface area contributed by atoms with Crippen molar-refractivity contribution in [3.8, 4) is 22.1 Å². The standard InChI is InChI=1S/C29H21F3N2O5S/c30-29(31,32)20-12-10-18(11-13-20)27-34-24(25(39-27)23-14-19-8-4-5-9-22(19)40-23)26(35)33-21(28(36)37)16-38-15-17-6-2-1-3-7-17/h1-14,21H,15-16H2,(H,33,35)(H,36,37)/t21-/m0/s1. The third-order valence-corrected chi connectivity index (χ3v) is 7.07. The van der Waals surface area contributed by atoms with Gasteiger partial charge in [0.05, 0.1) is 23.7 Å². The molecule has 2 N–H and O–H groups in total. The van der Waals surface area contributed by atoms with Gasteiger partial charge in [0, 0.05) is 10.3 Å². The van der Waals surface area contributed by atoms with Gasteiger partial charge in [-0.15, -0.1) is 11.3 Å². The number of alkyl halides is 3. The maximum atomic E-state index is 13.3. The predicted molar refractivity (Wildman–Crippen MR) is 143 cm³/mol. The Morgan fingerprint density at radius 3 is 2.38 bits per heavy atom. The first-order chi connectivity index (χ1) is 19.2. The number of carboxylic acid groups (broad SMARTS) is 1. The van der Waals surface area contributed by atoms with Crippen molar-refractivity contribution >= 4 is 33.3 Å². The van der Waals surface area contributed by atoms with Crippen LogP contribution >= 0.6 is 11.3 Å². The lowest BCUT2D eigenvalue weighted by Gasteiger charge is -2.14. The van der Waals surface area contributed by atoms with E-state index < -0.39 is 29.7 Å². The minimum atomic E-state index is -4.52. The first-order valence-corrected chi connectivity index (χ1v) is 12.8. The number of rotatable bonds is 9. The topological polar surface area (TPSA) is 102 Å². The number of thiophene rings is 1. The minimum absolute atomic E-state index is 0.0722. The summed E-state index contributed by atoms with van der Waals surface area (Å²) in [6.07, 6.45) is -4.52. The first-order valence-electron chi connectivity index (χ1n) is 12.0. The summed E-state index contributed by atoms with van der Waals surface area (Å²) in [5.74, 6) is -2.15. The van der Waals surface area contributed by atoms with Crippen LogP contribution < -0.4 is 5.32 Å². The van der Waals surface area contributed by atoms with Crippen molar-refractivity contribution in [1.29, 1.82) is 0 Å². The largest absolute Gasteiger partial charge is 0.480 e. The van der Waals surface area contributed by atoms with Crippen molar-refractivity contribution in [2.75, 3.05) is 6.61 Å². The number of amides is 1. The molecule has 1 atom stereocenters. The lowest BCUT2D eigenvalue weighted by Crippen LogP contribution is -2.44. The Morgan fingerprint density at radius 1 is 1.00 bits per heavy atom. The highest BCUT2D eigenvalue weighted by atomic mass is 32.1. The number of ether oxygens (including phenoxy) is 1. The van der Waals surface area contributed by atoms with E-state index in [1.54, 1.807) is 6.07 Å². The van der Waals surface area contributed by atoms with E-state index in [1.807, 2.05) is 54.6 Å². The molecule has 0 radical (unpaired) electrons. The summed E-state index contributed by atoms with van der Waals surface area (Å²) < 4.78 is 51.5. The average molecular weight is 567 g/mol. The van der Waals surface area contributed by atoms with E-state index in [0.717, 1.165) is 27.8 Å². The third-order valence-electron chi connectivity index (χ3n) is 5.95. The van der Waals surface area contributed by atoms with E-state index in [1.165, 1.54) is 23.5 Å². The van der Waals surface area contributed by atoms with Gasteiger partial charge in [0.1, 0.15) is 0 Å². The second-order valence-corrected chi connectivity index (χ2v) is 9.87. The molecule has 3 aromatic carbocycles. The quantitative estimate of drug-likeness (QED) is 0.207. The van der Waals surface area contributed by atoms with E-state index in [4.69, 9.17) is 9.15 Å². The third kappa shape index (κ3) is 6.05. The SMILES string of the molecule is O=C(N[C@@H](COCc1ccccc1)C(=O)O)c1nc(-c2ccc(C(F)(F)F)cc2)oc1-c1cc2ccccc2s1. The number of nitrogens with zero attached hydrogens (tertiary/aromatic N) is 1. The fraction of sp³-hybridized carbons (Fsp3) is 0.138. The van der Waals surface area contributed by atoms with Gasteiger partial charge in [0.15, 0.2) is 17.5 Å². The summed E-state index contributed by atoms with van der Waals surface area (Å²) in [4.78, 5) is 30.0. The predicted octanol–water partition coefficient (Wildman–Crippen LogP) is 6.64. The Labute approximate surface area is 229 Å². The number of halogens is 3. The van der Waals surface area contributed by atoms with Crippen LogP contribution in [0.25, 0.3) is 32.2 Å². The number of hydrogen-bond donors (Lipinski definition) is 2. The number of carbonyl (C=O) groups excluding carboxylic acids is 1. The second kappa shape index (κ2) is 11.3. The molecule has 7 nitrogen and oxygen atoms in total. The smallest absolute Gasteiger partial charge is 0.416 e. The molecule has 11 heteroatoms. The van der Waals surface area contributed by atoms with Gasteiger partial charge in [-0.25, -0.2) is 9.78 Å². The van der Waals surface area contributed by atoms with Crippen LogP contribution in [0.15, 0.2) is 89.3 Å². The Balaban J connectivity index is 1.44. The van der Waals surface area contributed by atoms with Gasteiger partial charge in [-0.2, -0.15) is 13.2 Å². The first kappa shape index (κ1) is 27.1. The Kier molecular flexibility index (Phi) is 7.67. The number of nitrogens with one attached hydrogen (secondary N) is 1. The lowest BCUT2D eigenvalue weighted by molar-refractivity contribution is -0.141. The molecule has 0 saturated carbocycles. The summed E-state index contributed by atoms with van der Waals surface area (Å²) in [6, 6.07) is 21.2. The number of oxazole rings is 1. The van der Waals surface area contributed by atoms with Crippen LogP contribution in [0, 0.1) is 0 Å². The minimum Gasteiger partial charge on any atom is -0.480 e.